The van der Waals surface area contributed by atoms with Gasteiger partial charge in [-0.1, -0.05) is 69.5 Å². The summed E-state index contributed by atoms with van der Waals surface area (Å²) in [5.74, 6) is 0. The minimum Gasteiger partial charge on any atom is -0.401 e. The molecule has 3 N–H and O–H groups in total. The van der Waals surface area contributed by atoms with E-state index in [0.717, 1.165) is 38.0 Å². The second-order valence-electron chi connectivity index (χ2n) is 7.59. The molecule has 1 fully saturated rings. The summed E-state index contributed by atoms with van der Waals surface area (Å²) in [5, 5.41) is 3.50. The summed E-state index contributed by atoms with van der Waals surface area (Å²) in [5.41, 5.74) is 11.1. The van der Waals surface area contributed by atoms with Gasteiger partial charge in [0.25, 0.3) is 0 Å². The first-order chi connectivity index (χ1) is 11.0. The lowest BCUT2D eigenvalue weighted by Gasteiger charge is -2.41. The van der Waals surface area contributed by atoms with Gasteiger partial charge >= 0.3 is 0 Å². The van der Waals surface area contributed by atoms with E-state index in [1.807, 2.05) is 0 Å². The zero-order chi connectivity index (χ0) is 16.9. The standard InChI is InChI=1S/C21H34N2/c1-5-20(4,6-2)16-17(3)19(22)21(12-14-23-15-13-21)18-10-8-7-9-11-18/h7-11,23H,5-6,12-16,22H2,1-4H3/b19-17-. The van der Waals surface area contributed by atoms with Gasteiger partial charge in [-0.05, 0) is 50.3 Å². The van der Waals surface area contributed by atoms with E-state index in [9.17, 15) is 0 Å². The fourth-order valence-corrected chi connectivity index (χ4v) is 3.97. The van der Waals surface area contributed by atoms with Crippen molar-refractivity contribution in [3.63, 3.8) is 0 Å². The third kappa shape index (κ3) is 3.80. The molecule has 0 aromatic heterocycles. The number of nitrogens with one attached hydrogen (secondary N) is 1. The zero-order valence-corrected chi connectivity index (χ0v) is 15.4. The topological polar surface area (TPSA) is 38.0 Å². The third-order valence-electron chi connectivity index (χ3n) is 6.16. The minimum absolute atomic E-state index is 0.0129. The number of allylic oxidation sites excluding steroid dienone is 2. The average Bonchev–Trinajstić information content (AvgIpc) is 2.62. The molecule has 1 aliphatic rings. The van der Waals surface area contributed by atoms with Crippen LogP contribution in [0, 0.1) is 5.41 Å². The molecular formula is C21H34N2. The van der Waals surface area contributed by atoms with Crippen LogP contribution in [0.4, 0.5) is 0 Å². The molecule has 0 bridgehead atoms. The highest BCUT2D eigenvalue weighted by atomic mass is 14.9. The quantitative estimate of drug-likeness (QED) is 0.794. The summed E-state index contributed by atoms with van der Waals surface area (Å²) in [6.07, 6.45) is 5.69. The molecule has 0 saturated carbocycles. The zero-order valence-electron chi connectivity index (χ0n) is 15.4. The molecule has 128 valence electrons. The van der Waals surface area contributed by atoms with Crippen LogP contribution >= 0.6 is 0 Å². The van der Waals surface area contributed by atoms with Crippen molar-refractivity contribution >= 4 is 0 Å². The van der Waals surface area contributed by atoms with Crippen molar-refractivity contribution < 1.29 is 0 Å². The minimum atomic E-state index is 0.0129. The van der Waals surface area contributed by atoms with Crippen LogP contribution in [0.3, 0.4) is 0 Å². The van der Waals surface area contributed by atoms with Crippen LogP contribution in [0.25, 0.3) is 0 Å². The number of hydrogen-bond donors (Lipinski definition) is 2. The van der Waals surface area contributed by atoms with Gasteiger partial charge in [-0.2, -0.15) is 0 Å². The Hall–Kier alpha value is -1.28. The molecule has 1 aromatic carbocycles. The van der Waals surface area contributed by atoms with Crippen molar-refractivity contribution in [2.24, 2.45) is 11.1 Å². The van der Waals surface area contributed by atoms with Gasteiger partial charge in [0, 0.05) is 11.1 Å². The van der Waals surface area contributed by atoms with Gasteiger partial charge in [-0.3, -0.25) is 0 Å². The van der Waals surface area contributed by atoms with Gasteiger partial charge in [0.2, 0.25) is 0 Å². The number of rotatable bonds is 6. The van der Waals surface area contributed by atoms with Crippen molar-refractivity contribution in [1.82, 2.24) is 5.32 Å². The molecule has 0 unspecified atom stereocenters. The Morgan fingerprint density at radius 1 is 1.13 bits per heavy atom. The molecule has 2 nitrogen and oxygen atoms in total. The summed E-state index contributed by atoms with van der Waals surface area (Å²) < 4.78 is 0. The molecule has 0 radical (unpaired) electrons. The summed E-state index contributed by atoms with van der Waals surface area (Å²) in [7, 11) is 0. The van der Waals surface area contributed by atoms with Gasteiger partial charge < -0.3 is 11.1 Å². The van der Waals surface area contributed by atoms with E-state index in [-0.39, 0.29) is 5.41 Å². The maximum atomic E-state index is 6.83. The number of hydrogen-bond acceptors (Lipinski definition) is 2. The van der Waals surface area contributed by atoms with Crippen molar-refractivity contribution in [2.75, 3.05) is 13.1 Å². The molecule has 0 atom stereocenters. The van der Waals surface area contributed by atoms with E-state index >= 15 is 0 Å². The Kier molecular flexibility index (Phi) is 5.91. The van der Waals surface area contributed by atoms with Crippen LogP contribution in [0.2, 0.25) is 0 Å². The second kappa shape index (κ2) is 7.53. The molecule has 2 rings (SSSR count). The first-order valence-electron chi connectivity index (χ1n) is 9.19. The Labute approximate surface area is 142 Å². The molecule has 23 heavy (non-hydrogen) atoms. The Balaban J connectivity index is 2.41. The largest absolute Gasteiger partial charge is 0.401 e. The van der Waals surface area contributed by atoms with Crippen LogP contribution < -0.4 is 11.1 Å². The summed E-state index contributed by atoms with van der Waals surface area (Å²) >= 11 is 0. The van der Waals surface area contributed by atoms with Crippen molar-refractivity contribution in [1.29, 1.82) is 0 Å². The highest BCUT2D eigenvalue weighted by Gasteiger charge is 2.37. The summed E-state index contributed by atoms with van der Waals surface area (Å²) in [6, 6.07) is 10.9. The van der Waals surface area contributed by atoms with Gasteiger partial charge in [-0.15, -0.1) is 0 Å². The van der Waals surface area contributed by atoms with Gasteiger partial charge in [-0.25, -0.2) is 0 Å². The number of nitrogens with two attached hydrogens (primary N) is 1. The molecule has 1 saturated heterocycles. The van der Waals surface area contributed by atoms with Crippen LogP contribution in [0.1, 0.15) is 65.4 Å². The van der Waals surface area contributed by atoms with E-state index in [2.05, 4.69) is 63.3 Å². The average molecular weight is 315 g/mol. The lowest BCUT2D eigenvalue weighted by molar-refractivity contribution is 0.288. The highest BCUT2D eigenvalue weighted by Crippen LogP contribution is 2.42. The molecule has 0 aliphatic carbocycles. The van der Waals surface area contributed by atoms with Crippen LogP contribution in [0.5, 0.6) is 0 Å². The molecule has 0 amide bonds. The molecular weight excluding hydrogens is 280 g/mol. The van der Waals surface area contributed by atoms with E-state index in [1.54, 1.807) is 0 Å². The first-order valence-corrected chi connectivity index (χ1v) is 9.19. The molecule has 2 heteroatoms. The molecule has 0 spiro atoms. The third-order valence-corrected chi connectivity index (χ3v) is 6.16. The maximum Gasteiger partial charge on any atom is 0.0371 e. The fraction of sp³-hybridized carbons (Fsp3) is 0.619. The van der Waals surface area contributed by atoms with Gasteiger partial charge in [0.1, 0.15) is 0 Å². The van der Waals surface area contributed by atoms with Crippen LogP contribution in [-0.4, -0.2) is 13.1 Å². The van der Waals surface area contributed by atoms with Crippen LogP contribution in [0.15, 0.2) is 41.6 Å². The lowest BCUT2D eigenvalue weighted by Crippen LogP contribution is -2.44. The Bertz CT molecular complexity index is 520. The fourth-order valence-electron chi connectivity index (χ4n) is 3.97. The molecule has 1 aliphatic heterocycles. The summed E-state index contributed by atoms with van der Waals surface area (Å²) in [4.78, 5) is 0. The predicted molar refractivity (Wildman–Crippen MR) is 100 cm³/mol. The van der Waals surface area contributed by atoms with E-state index in [4.69, 9.17) is 5.73 Å². The molecule has 1 aromatic rings. The highest BCUT2D eigenvalue weighted by molar-refractivity contribution is 5.38. The van der Waals surface area contributed by atoms with Crippen LogP contribution in [-0.2, 0) is 5.41 Å². The Morgan fingerprint density at radius 3 is 2.22 bits per heavy atom. The summed E-state index contributed by atoms with van der Waals surface area (Å²) in [6.45, 7) is 11.3. The van der Waals surface area contributed by atoms with E-state index < -0.39 is 0 Å². The normalized spacial score (nSPS) is 19.3. The van der Waals surface area contributed by atoms with E-state index in [1.165, 1.54) is 24.0 Å². The lowest BCUT2D eigenvalue weighted by atomic mass is 9.68. The SMILES string of the molecule is CCC(C)(CC)C/C(C)=C(\N)C1(c2ccccc2)CCNCC1. The molecule has 1 heterocycles. The van der Waals surface area contributed by atoms with Gasteiger partial charge in [0.15, 0.2) is 0 Å². The van der Waals surface area contributed by atoms with Crippen molar-refractivity contribution in [3.8, 4) is 0 Å². The number of piperidine rings is 1. The number of benzene rings is 1. The second-order valence-corrected chi connectivity index (χ2v) is 7.59. The monoisotopic (exact) mass is 314 g/mol. The van der Waals surface area contributed by atoms with Gasteiger partial charge in [0.05, 0.1) is 0 Å². The van der Waals surface area contributed by atoms with Crippen molar-refractivity contribution in [3.05, 3.63) is 47.2 Å². The van der Waals surface area contributed by atoms with Crippen molar-refractivity contribution in [2.45, 2.75) is 65.2 Å². The smallest absolute Gasteiger partial charge is 0.0371 e. The predicted octanol–water partition coefficient (Wildman–Crippen LogP) is 4.76. The Morgan fingerprint density at radius 2 is 1.70 bits per heavy atom. The first kappa shape index (κ1) is 18.1. The van der Waals surface area contributed by atoms with E-state index in [0.29, 0.717) is 5.41 Å². The maximum absolute atomic E-state index is 6.83.